The van der Waals surface area contributed by atoms with Crippen molar-refractivity contribution in [2.75, 3.05) is 13.2 Å². The molecule has 0 aliphatic rings. The Kier molecular flexibility index (Phi) is 4.48. The van der Waals surface area contributed by atoms with E-state index in [0.717, 1.165) is 22.1 Å². The van der Waals surface area contributed by atoms with Gasteiger partial charge in [-0.1, -0.05) is 24.3 Å². The summed E-state index contributed by atoms with van der Waals surface area (Å²) in [6.07, 6.45) is 0. The van der Waals surface area contributed by atoms with Gasteiger partial charge in [-0.25, -0.2) is 0 Å². The Morgan fingerprint density at radius 1 is 1.05 bits per heavy atom. The highest BCUT2D eigenvalue weighted by Crippen LogP contribution is 2.28. The first-order valence-electron chi connectivity index (χ1n) is 7.01. The lowest BCUT2D eigenvalue weighted by atomic mass is 10.0. The number of nitrogens with one attached hydrogen (secondary N) is 1. The maximum Gasteiger partial charge on any atom is 0.127 e. The molecule has 0 heterocycles. The number of nitrogen functional groups attached to an aromatic ring is 1. The smallest absolute Gasteiger partial charge is 0.127 e. The van der Waals surface area contributed by atoms with Gasteiger partial charge in [0.1, 0.15) is 18.2 Å². The van der Waals surface area contributed by atoms with E-state index in [4.69, 9.17) is 20.6 Å². The summed E-state index contributed by atoms with van der Waals surface area (Å²) in [6, 6.07) is 11.5. The zero-order chi connectivity index (χ0) is 15.5. The van der Waals surface area contributed by atoms with Crippen molar-refractivity contribution in [3.05, 3.63) is 42.0 Å². The number of ether oxygens (including phenoxy) is 2. The Morgan fingerprint density at radius 2 is 1.71 bits per heavy atom. The normalized spacial score (nSPS) is 11.6. The third-order valence-corrected chi connectivity index (χ3v) is 3.05. The molecule has 0 aliphatic carbocycles. The van der Waals surface area contributed by atoms with E-state index >= 15 is 0 Å². The van der Waals surface area contributed by atoms with E-state index in [-0.39, 0.29) is 11.4 Å². The predicted molar refractivity (Wildman–Crippen MR) is 86.2 cm³/mol. The van der Waals surface area contributed by atoms with Gasteiger partial charge in [0.05, 0.1) is 12.2 Å². The molecule has 21 heavy (non-hydrogen) atoms. The molecule has 0 bridgehead atoms. The van der Waals surface area contributed by atoms with Crippen molar-refractivity contribution in [1.29, 1.82) is 5.41 Å². The molecule has 0 aromatic heterocycles. The van der Waals surface area contributed by atoms with Crippen LogP contribution in [-0.4, -0.2) is 24.7 Å². The van der Waals surface area contributed by atoms with Gasteiger partial charge in [-0.05, 0) is 38.3 Å². The highest BCUT2D eigenvalue weighted by molar-refractivity contribution is 6.09. The summed E-state index contributed by atoms with van der Waals surface area (Å²) in [5.74, 6) is 0.849. The second-order valence-electron chi connectivity index (χ2n) is 5.88. The second-order valence-corrected chi connectivity index (χ2v) is 5.88. The van der Waals surface area contributed by atoms with Crippen LogP contribution < -0.4 is 10.5 Å². The average molecular weight is 286 g/mol. The van der Waals surface area contributed by atoms with Crippen molar-refractivity contribution in [1.82, 2.24) is 0 Å². The largest absolute Gasteiger partial charge is 0.491 e. The molecule has 0 saturated heterocycles. The van der Waals surface area contributed by atoms with E-state index in [1.54, 1.807) is 0 Å². The maximum absolute atomic E-state index is 7.64. The van der Waals surface area contributed by atoms with Crippen LogP contribution in [0.2, 0.25) is 0 Å². The van der Waals surface area contributed by atoms with Gasteiger partial charge >= 0.3 is 0 Å². The summed E-state index contributed by atoms with van der Waals surface area (Å²) < 4.78 is 11.5. The minimum absolute atomic E-state index is 0.0637. The summed E-state index contributed by atoms with van der Waals surface area (Å²) in [5, 5.41) is 9.53. The average Bonchev–Trinajstić information content (AvgIpc) is 2.42. The predicted octanol–water partition coefficient (Wildman–Crippen LogP) is 3.32. The van der Waals surface area contributed by atoms with Gasteiger partial charge in [0.15, 0.2) is 0 Å². The lowest BCUT2D eigenvalue weighted by molar-refractivity contribution is -0.0161. The molecule has 0 saturated carbocycles. The highest BCUT2D eigenvalue weighted by Gasteiger charge is 2.11. The highest BCUT2D eigenvalue weighted by atomic mass is 16.5. The number of amidine groups is 1. The second kappa shape index (κ2) is 6.14. The molecule has 4 nitrogen and oxygen atoms in total. The Balaban J connectivity index is 2.18. The van der Waals surface area contributed by atoms with Crippen molar-refractivity contribution < 1.29 is 9.47 Å². The molecule has 0 radical (unpaired) electrons. The minimum atomic E-state index is -0.163. The van der Waals surface area contributed by atoms with Gasteiger partial charge < -0.3 is 15.2 Å². The number of fused-ring (bicyclic) bond motifs is 1. The lowest BCUT2D eigenvalue weighted by Crippen LogP contribution is -2.22. The Bertz CT molecular complexity index is 645. The van der Waals surface area contributed by atoms with Crippen molar-refractivity contribution >= 4 is 16.6 Å². The number of rotatable bonds is 5. The first kappa shape index (κ1) is 15.3. The molecule has 0 unspecified atom stereocenters. The van der Waals surface area contributed by atoms with Crippen LogP contribution in [-0.2, 0) is 4.74 Å². The van der Waals surface area contributed by atoms with Crippen LogP contribution in [0.15, 0.2) is 36.4 Å². The third kappa shape index (κ3) is 3.95. The molecule has 4 heteroatoms. The van der Waals surface area contributed by atoms with Crippen LogP contribution in [0.5, 0.6) is 5.75 Å². The van der Waals surface area contributed by atoms with Crippen molar-refractivity contribution in [3.63, 3.8) is 0 Å². The molecule has 112 valence electrons. The molecule has 0 spiro atoms. The Labute approximate surface area is 125 Å². The van der Waals surface area contributed by atoms with Gasteiger partial charge in [-0.15, -0.1) is 0 Å². The number of nitrogens with two attached hydrogens (primary N) is 1. The van der Waals surface area contributed by atoms with Gasteiger partial charge in [0.25, 0.3) is 0 Å². The summed E-state index contributed by atoms with van der Waals surface area (Å²) in [5.41, 5.74) is 6.18. The molecular weight excluding hydrogens is 264 g/mol. The fourth-order valence-corrected chi connectivity index (χ4v) is 2.13. The first-order chi connectivity index (χ1) is 9.88. The monoisotopic (exact) mass is 286 g/mol. The molecule has 2 aromatic carbocycles. The summed E-state index contributed by atoms with van der Waals surface area (Å²) in [4.78, 5) is 0. The van der Waals surface area contributed by atoms with Gasteiger partial charge in [0.2, 0.25) is 0 Å². The number of benzene rings is 2. The Hall–Kier alpha value is -2.07. The summed E-state index contributed by atoms with van der Waals surface area (Å²) in [6.45, 7) is 7.07. The van der Waals surface area contributed by atoms with E-state index in [2.05, 4.69) is 0 Å². The number of hydrogen-bond acceptors (Lipinski definition) is 3. The van der Waals surface area contributed by atoms with Gasteiger partial charge in [-0.2, -0.15) is 0 Å². The van der Waals surface area contributed by atoms with Crippen LogP contribution in [0, 0.1) is 5.41 Å². The van der Waals surface area contributed by atoms with Gasteiger partial charge in [0, 0.05) is 10.9 Å². The van der Waals surface area contributed by atoms with E-state index in [0.29, 0.717) is 13.2 Å². The molecule has 2 aromatic rings. The maximum atomic E-state index is 7.64. The molecule has 2 rings (SSSR count). The lowest BCUT2D eigenvalue weighted by Gasteiger charge is -2.20. The molecule has 0 amide bonds. The quantitative estimate of drug-likeness (QED) is 0.503. The standard InChI is InChI=1S/C17H22N2O2/c1-17(2,3)21-11-10-20-15-9-8-14(16(18)19)12-6-4-5-7-13(12)15/h4-9H,10-11H2,1-3H3,(H3,18,19). The summed E-state index contributed by atoms with van der Waals surface area (Å²) in [7, 11) is 0. The van der Waals surface area contributed by atoms with Crippen LogP contribution in [0.3, 0.4) is 0 Å². The molecular formula is C17H22N2O2. The van der Waals surface area contributed by atoms with Crippen molar-refractivity contribution in [2.45, 2.75) is 26.4 Å². The molecule has 0 atom stereocenters. The van der Waals surface area contributed by atoms with Gasteiger partial charge in [-0.3, -0.25) is 5.41 Å². The van der Waals surface area contributed by atoms with Crippen molar-refractivity contribution in [3.8, 4) is 5.75 Å². The first-order valence-corrected chi connectivity index (χ1v) is 7.01. The fourth-order valence-electron chi connectivity index (χ4n) is 2.13. The van der Waals surface area contributed by atoms with Crippen LogP contribution in [0.1, 0.15) is 26.3 Å². The Morgan fingerprint density at radius 3 is 2.33 bits per heavy atom. The van der Waals surface area contributed by atoms with E-state index in [9.17, 15) is 0 Å². The number of hydrogen-bond donors (Lipinski definition) is 2. The molecule has 3 N–H and O–H groups in total. The zero-order valence-electron chi connectivity index (χ0n) is 12.8. The van der Waals surface area contributed by atoms with Crippen LogP contribution in [0.25, 0.3) is 10.8 Å². The van der Waals surface area contributed by atoms with Crippen LogP contribution >= 0.6 is 0 Å². The summed E-state index contributed by atoms with van der Waals surface area (Å²) >= 11 is 0. The molecule has 0 fully saturated rings. The van der Waals surface area contributed by atoms with Crippen LogP contribution in [0.4, 0.5) is 0 Å². The van der Waals surface area contributed by atoms with E-state index in [1.807, 2.05) is 57.2 Å². The van der Waals surface area contributed by atoms with E-state index in [1.165, 1.54) is 0 Å². The zero-order valence-corrected chi connectivity index (χ0v) is 12.8. The molecule has 0 aliphatic heterocycles. The van der Waals surface area contributed by atoms with Crippen molar-refractivity contribution in [2.24, 2.45) is 5.73 Å². The van der Waals surface area contributed by atoms with E-state index < -0.39 is 0 Å². The third-order valence-electron chi connectivity index (χ3n) is 3.05. The topological polar surface area (TPSA) is 68.3 Å². The fraction of sp³-hybridized carbons (Fsp3) is 0.353. The minimum Gasteiger partial charge on any atom is -0.491 e. The SMILES string of the molecule is CC(C)(C)OCCOc1ccc(C(=N)N)c2ccccc12.